The summed E-state index contributed by atoms with van der Waals surface area (Å²) in [5.41, 5.74) is 0. The molecule has 1 aliphatic heterocycles. The van der Waals surface area contributed by atoms with E-state index in [-0.39, 0.29) is 9.79 Å². The molecule has 0 bridgehead atoms. The van der Waals surface area contributed by atoms with Gasteiger partial charge in [-0.15, -0.1) is 0 Å². The summed E-state index contributed by atoms with van der Waals surface area (Å²) in [7, 11) is -10.3. The van der Waals surface area contributed by atoms with Crippen molar-refractivity contribution in [2.24, 2.45) is 0 Å². The summed E-state index contributed by atoms with van der Waals surface area (Å²) in [5.74, 6) is -1.12. The van der Waals surface area contributed by atoms with E-state index in [0.717, 1.165) is 7.11 Å². The van der Waals surface area contributed by atoms with Crippen molar-refractivity contribution in [1.29, 1.82) is 0 Å². The van der Waals surface area contributed by atoms with Crippen molar-refractivity contribution < 1.29 is 35.3 Å². The SMILES string of the molecule is CO[P]1(O)OC(CS(=O)(=O)c2ccccc2)C(CS(=O)(=O)c2ccccc2)O1. The van der Waals surface area contributed by atoms with Gasteiger partial charge in [0.1, 0.15) is 12.2 Å². The first-order valence-corrected chi connectivity index (χ1v) is 13.1. The molecule has 1 aliphatic rings. The van der Waals surface area contributed by atoms with E-state index in [9.17, 15) is 21.7 Å². The molecule has 1 fully saturated rings. The molecule has 11 heteroatoms. The minimum Gasteiger partial charge on any atom is -0.314 e. The van der Waals surface area contributed by atoms with Crippen molar-refractivity contribution in [2.75, 3.05) is 18.6 Å². The fourth-order valence-corrected chi connectivity index (χ4v) is 7.23. The molecule has 1 saturated heterocycles. The van der Waals surface area contributed by atoms with E-state index in [1.165, 1.54) is 24.3 Å². The lowest BCUT2D eigenvalue weighted by Gasteiger charge is -2.18. The number of sulfone groups is 2. The van der Waals surface area contributed by atoms with Crippen LogP contribution in [0.1, 0.15) is 0 Å². The Morgan fingerprint density at radius 2 is 1.18 bits per heavy atom. The average Bonchev–Trinajstić information content (AvgIpc) is 2.98. The van der Waals surface area contributed by atoms with Gasteiger partial charge >= 0.3 is 8.17 Å². The molecule has 2 aromatic rings. The topological polar surface area (TPSA) is 116 Å². The molecular formula is C17H20O8PS2. The van der Waals surface area contributed by atoms with Crippen LogP contribution in [0, 0.1) is 0 Å². The van der Waals surface area contributed by atoms with Gasteiger partial charge in [-0.25, -0.2) is 16.8 Å². The van der Waals surface area contributed by atoms with Gasteiger partial charge in [0.25, 0.3) is 0 Å². The second kappa shape index (κ2) is 8.16. The zero-order valence-corrected chi connectivity index (χ0v) is 17.4. The van der Waals surface area contributed by atoms with E-state index in [2.05, 4.69) is 0 Å². The van der Waals surface area contributed by atoms with Gasteiger partial charge in [0.2, 0.25) is 0 Å². The first-order valence-electron chi connectivity index (χ1n) is 8.25. The predicted molar refractivity (Wildman–Crippen MR) is 103 cm³/mol. The lowest BCUT2D eigenvalue weighted by molar-refractivity contribution is 0.170. The minimum absolute atomic E-state index is 0.0643. The van der Waals surface area contributed by atoms with Gasteiger partial charge < -0.3 is 9.42 Å². The first-order chi connectivity index (χ1) is 13.2. The monoisotopic (exact) mass is 447 g/mol. The van der Waals surface area contributed by atoms with Crippen LogP contribution in [0.25, 0.3) is 0 Å². The van der Waals surface area contributed by atoms with Crippen molar-refractivity contribution in [2.45, 2.75) is 22.0 Å². The smallest absolute Gasteiger partial charge is 0.314 e. The maximum Gasteiger partial charge on any atom is 0.378 e. The normalized spacial score (nSPS) is 25.6. The third kappa shape index (κ3) is 4.77. The van der Waals surface area contributed by atoms with E-state index >= 15 is 0 Å². The van der Waals surface area contributed by atoms with Crippen LogP contribution in [0.5, 0.6) is 0 Å². The molecule has 0 saturated carbocycles. The lowest BCUT2D eigenvalue weighted by atomic mass is 10.3. The van der Waals surface area contributed by atoms with Crippen molar-refractivity contribution in [3.63, 3.8) is 0 Å². The molecule has 1 radical (unpaired) electrons. The Bertz CT molecular complexity index is 930. The van der Waals surface area contributed by atoms with Gasteiger partial charge in [-0.1, -0.05) is 36.4 Å². The molecule has 0 aliphatic carbocycles. The van der Waals surface area contributed by atoms with Gasteiger partial charge in [0.15, 0.2) is 19.7 Å². The highest BCUT2D eigenvalue weighted by Gasteiger charge is 2.50. The fourth-order valence-electron chi connectivity index (χ4n) is 2.74. The second-order valence-electron chi connectivity index (χ2n) is 6.13. The number of benzene rings is 2. The standard InChI is InChI=1S/C17H20O8PS2/c1-23-26(18)24-16(12-27(19,20)14-8-4-2-5-9-14)17(25-26)13-28(21,22)15-10-6-3-7-11-15/h2-11,16-18H,12-13H2,1H3. The Kier molecular flexibility index (Phi) is 6.21. The summed E-state index contributed by atoms with van der Waals surface area (Å²) < 4.78 is 66.2. The summed E-state index contributed by atoms with van der Waals surface area (Å²) in [6.07, 6.45) is -2.41. The summed E-state index contributed by atoms with van der Waals surface area (Å²) in [4.78, 5) is 10.4. The van der Waals surface area contributed by atoms with E-state index in [1.54, 1.807) is 36.4 Å². The quantitative estimate of drug-likeness (QED) is 0.641. The fraction of sp³-hybridized carbons (Fsp3) is 0.294. The highest BCUT2D eigenvalue weighted by Crippen LogP contribution is 2.64. The Labute approximate surface area is 164 Å². The summed E-state index contributed by atoms with van der Waals surface area (Å²) in [5, 5.41) is 0. The van der Waals surface area contributed by atoms with Crippen LogP contribution in [0.2, 0.25) is 0 Å². The van der Waals surface area contributed by atoms with Crippen LogP contribution >= 0.6 is 8.17 Å². The summed E-state index contributed by atoms with van der Waals surface area (Å²) in [6.45, 7) is 0. The molecule has 0 amide bonds. The second-order valence-corrected chi connectivity index (χ2v) is 11.9. The van der Waals surface area contributed by atoms with Crippen molar-refractivity contribution in [3.05, 3.63) is 60.7 Å². The van der Waals surface area contributed by atoms with Gasteiger partial charge in [-0.05, 0) is 24.3 Å². The number of hydrogen-bond acceptors (Lipinski definition) is 8. The van der Waals surface area contributed by atoms with Crippen molar-refractivity contribution in [3.8, 4) is 0 Å². The molecule has 1 heterocycles. The molecule has 0 aromatic heterocycles. The van der Waals surface area contributed by atoms with Gasteiger partial charge in [0, 0.05) is 7.11 Å². The number of rotatable bonds is 7. The zero-order chi connectivity index (χ0) is 20.4. The van der Waals surface area contributed by atoms with E-state index in [0.29, 0.717) is 0 Å². The third-order valence-electron chi connectivity index (χ3n) is 4.15. The Morgan fingerprint density at radius 1 is 0.821 bits per heavy atom. The molecule has 2 unspecified atom stereocenters. The highest BCUT2D eigenvalue weighted by molar-refractivity contribution is 7.92. The van der Waals surface area contributed by atoms with Gasteiger partial charge in [-0.2, -0.15) is 0 Å². The van der Waals surface area contributed by atoms with E-state index < -0.39 is 51.6 Å². The molecule has 1 N–H and O–H groups in total. The summed E-state index contributed by atoms with van der Waals surface area (Å²) >= 11 is 0. The van der Waals surface area contributed by atoms with E-state index in [4.69, 9.17) is 13.6 Å². The largest absolute Gasteiger partial charge is 0.378 e. The van der Waals surface area contributed by atoms with Crippen LogP contribution < -0.4 is 0 Å². The highest BCUT2D eigenvalue weighted by atomic mass is 32.2. The Balaban J connectivity index is 1.86. The number of hydrogen-bond donors (Lipinski definition) is 1. The molecule has 2 aromatic carbocycles. The van der Waals surface area contributed by atoms with Crippen LogP contribution in [-0.2, 0) is 33.2 Å². The zero-order valence-electron chi connectivity index (χ0n) is 14.9. The molecule has 28 heavy (non-hydrogen) atoms. The predicted octanol–water partition coefficient (Wildman–Crippen LogP) is 2.03. The maximum absolute atomic E-state index is 12.7. The van der Waals surface area contributed by atoms with Gasteiger partial charge in [-0.3, -0.25) is 9.05 Å². The first kappa shape index (κ1) is 21.3. The average molecular weight is 447 g/mol. The van der Waals surface area contributed by atoms with Crippen LogP contribution in [0.15, 0.2) is 70.5 Å². The van der Waals surface area contributed by atoms with Crippen LogP contribution in [-0.4, -0.2) is 52.6 Å². The molecule has 153 valence electrons. The van der Waals surface area contributed by atoms with Crippen molar-refractivity contribution >= 4 is 27.8 Å². The van der Waals surface area contributed by atoms with Crippen LogP contribution in [0.3, 0.4) is 0 Å². The van der Waals surface area contributed by atoms with Gasteiger partial charge in [0.05, 0.1) is 21.3 Å². The molecular weight excluding hydrogens is 427 g/mol. The third-order valence-corrected chi connectivity index (χ3v) is 9.21. The molecule has 3 rings (SSSR count). The maximum atomic E-state index is 12.7. The minimum atomic E-state index is -3.80. The van der Waals surface area contributed by atoms with Crippen LogP contribution in [0.4, 0.5) is 0 Å². The Hall–Kier alpha value is -1.39. The molecule has 8 nitrogen and oxygen atoms in total. The van der Waals surface area contributed by atoms with Crippen molar-refractivity contribution in [1.82, 2.24) is 0 Å². The lowest BCUT2D eigenvalue weighted by Crippen LogP contribution is -2.35. The molecule has 2 atom stereocenters. The molecule has 0 spiro atoms. The van der Waals surface area contributed by atoms with E-state index in [1.807, 2.05) is 0 Å². The Morgan fingerprint density at radius 3 is 1.50 bits per heavy atom. The summed E-state index contributed by atoms with van der Waals surface area (Å²) in [6, 6.07) is 15.4.